The van der Waals surface area contributed by atoms with Gasteiger partial charge in [0.15, 0.2) is 0 Å². The van der Waals surface area contributed by atoms with Crippen molar-refractivity contribution in [1.29, 1.82) is 0 Å². The van der Waals surface area contributed by atoms with Crippen molar-refractivity contribution >= 4 is 0 Å². The van der Waals surface area contributed by atoms with Crippen molar-refractivity contribution in [3.63, 3.8) is 0 Å². The molecule has 0 amide bonds. The average Bonchev–Trinajstić information content (AvgIpc) is 2.46. The molecule has 112 valence electrons. The summed E-state index contributed by atoms with van der Waals surface area (Å²) in [5.74, 6) is 0. The molecule has 0 atom stereocenters. The van der Waals surface area contributed by atoms with E-state index < -0.39 is 5.60 Å². The van der Waals surface area contributed by atoms with E-state index in [1.807, 2.05) is 74.8 Å². The fraction of sp³-hybridized carbons (Fsp3) is 0.368. The number of nitrogens with zero attached hydrogens (tertiary/aromatic N) is 1. The van der Waals surface area contributed by atoms with Crippen molar-refractivity contribution in [2.75, 3.05) is 20.6 Å². The van der Waals surface area contributed by atoms with Crippen LogP contribution in [0.3, 0.4) is 0 Å². The summed E-state index contributed by atoms with van der Waals surface area (Å²) in [4.78, 5) is 2.12. The zero-order valence-electron chi connectivity index (χ0n) is 13.4. The Hall–Kier alpha value is -1.64. The number of rotatable bonds is 5. The van der Waals surface area contributed by atoms with E-state index in [0.717, 1.165) is 17.7 Å². The predicted molar refractivity (Wildman–Crippen MR) is 88.2 cm³/mol. The highest BCUT2D eigenvalue weighted by Gasteiger charge is 2.46. The third-order valence-electron chi connectivity index (χ3n) is 4.07. The molecule has 0 unspecified atom stereocenters. The van der Waals surface area contributed by atoms with Gasteiger partial charge in [-0.3, -0.25) is 0 Å². The molecule has 0 aliphatic carbocycles. The largest absolute Gasteiger partial charge is 0.380 e. The van der Waals surface area contributed by atoms with Gasteiger partial charge in [-0.25, -0.2) is 0 Å². The molecule has 0 bridgehead atoms. The van der Waals surface area contributed by atoms with Gasteiger partial charge in [0.25, 0.3) is 0 Å². The lowest BCUT2D eigenvalue weighted by Crippen LogP contribution is -2.48. The number of hydrogen-bond acceptors (Lipinski definition) is 2. The van der Waals surface area contributed by atoms with Gasteiger partial charge in [-0.15, -0.1) is 0 Å². The van der Waals surface area contributed by atoms with Gasteiger partial charge in [-0.2, -0.15) is 0 Å². The lowest BCUT2D eigenvalue weighted by atomic mass is 9.67. The van der Waals surface area contributed by atoms with Gasteiger partial charge in [0.1, 0.15) is 5.60 Å². The van der Waals surface area contributed by atoms with Crippen molar-refractivity contribution in [1.82, 2.24) is 4.90 Å². The van der Waals surface area contributed by atoms with Crippen LogP contribution in [0.2, 0.25) is 0 Å². The molecule has 21 heavy (non-hydrogen) atoms. The molecule has 2 rings (SSSR count). The summed E-state index contributed by atoms with van der Waals surface area (Å²) in [5, 5.41) is 11.7. The second-order valence-electron chi connectivity index (χ2n) is 6.56. The first kappa shape index (κ1) is 15.7. The second kappa shape index (κ2) is 6.00. The van der Waals surface area contributed by atoms with Crippen LogP contribution in [-0.4, -0.2) is 30.6 Å². The summed E-state index contributed by atoms with van der Waals surface area (Å²) in [6.45, 7) is 5.02. The summed E-state index contributed by atoms with van der Waals surface area (Å²) in [7, 11) is 4.08. The molecule has 1 N–H and O–H groups in total. The molecule has 0 radical (unpaired) electrons. The molecule has 2 aromatic rings. The fourth-order valence-corrected chi connectivity index (χ4v) is 3.21. The minimum atomic E-state index is -1.03. The molecule has 0 saturated heterocycles. The molecule has 0 aromatic heterocycles. The molecule has 0 fully saturated rings. The third kappa shape index (κ3) is 3.02. The molecule has 0 spiro atoms. The minimum Gasteiger partial charge on any atom is -0.380 e. The highest BCUT2D eigenvalue weighted by molar-refractivity contribution is 5.38. The van der Waals surface area contributed by atoms with E-state index in [1.165, 1.54) is 0 Å². The lowest BCUT2D eigenvalue weighted by molar-refractivity contribution is -0.0483. The SMILES string of the molecule is CN(C)CC(C)(C)C(O)(c1ccccc1)c1ccccc1. The first-order valence-electron chi connectivity index (χ1n) is 7.36. The van der Waals surface area contributed by atoms with Gasteiger partial charge < -0.3 is 10.0 Å². The Morgan fingerprint density at radius 1 is 0.810 bits per heavy atom. The summed E-state index contributed by atoms with van der Waals surface area (Å²) in [5.41, 5.74) is 0.505. The van der Waals surface area contributed by atoms with Crippen molar-refractivity contribution in [3.05, 3.63) is 71.8 Å². The van der Waals surface area contributed by atoms with E-state index in [9.17, 15) is 5.11 Å². The number of benzene rings is 2. The molecule has 0 aliphatic heterocycles. The van der Waals surface area contributed by atoms with Crippen LogP contribution in [-0.2, 0) is 5.60 Å². The molecular weight excluding hydrogens is 258 g/mol. The number of aliphatic hydroxyl groups is 1. The predicted octanol–water partition coefficient (Wildman–Crippen LogP) is 3.51. The van der Waals surface area contributed by atoms with Crippen LogP contribution in [0, 0.1) is 5.41 Å². The van der Waals surface area contributed by atoms with Crippen molar-refractivity contribution in [2.45, 2.75) is 19.4 Å². The summed E-state index contributed by atoms with van der Waals surface area (Å²) < 4.78 is 0. The highest BCUT2D eigenvalue weighted by Crippen LogP contribution is 2.45. The lowest BCUT2D eigenvalue weighted by Gasteiger charge is -2.45. The monoisotopic (exact) mass is 283 g/mol. The Bertz CT molecular complexity index is 521. The third-order valence-corrected chi connectivity index (χ3v) is 4.07. The van der Waals surface area contributed by atoms with E-state index in [0.29, 0.717) is 0 Å². The average molecular weight is 283 g/mol. The molecule has 2 heteroatoms. The molecule has 0 heterocycles. The normalized spacial score (nSPS) is 12.7. The van der Waals surface area contributed by atoms with Crippen molar-refractivity contribution in [3.8, 4) is 0 Å². The van der Waals surface area contributed by atoms with Crippen LogP contribution in [0.4, 0.5) is 0 Å². The van der Waals surface area contributed by atoms with Gasteiger partial charge in [0.2, 0.25) is 0 Å². The molecule has 0 saturated carbocycles. The van der Waals surface area contributed by atoms with E-state index >= 15 is 0 Å². The van der Waals surface area contributed by atoms with Gasteiger partial charge in [0.05, 0.1) is 0 Å². The molecule has 2 nitrogen and oxygen atoms in total. The first-order valence-corrected chi connectivity index (χ1v) is 7.36. The van der Waals surface area contributed by atoms with Crippen LogP contribution >= 0.6 is 0 Å². The maximum Gasteiger partial charge on any atom is 0.121 e. The molecule has 2 aromatic carbocycles. The molecular formula is C19H25NO. The maximum absolute atomic E-state index is 11.7. The van der Waals surface area contributed by atoms with E-state index in [1.54, 1.807) is 0 Å². The summed E-state index contributed by atoms with van der Waals surface area (Å²) in [6, 6.07) is 19.9. The van der Waals surface area contributed by atoms with E-state index in [-0.39, 0.29) is 5.41 Å². The first-order chi connectivity index (χ1) is 9.88. The van der Waals surface area contributed by atoms with Crippen LogP contribution in [0.15, 0.2) is 60.7 Å². The topological polar surface area (TPSA) is 23.5 Å². The van der Waals surface area contributed by atoms with Crippen LogP contribution in [0.1, 0.15) is 25.0 Å². The van der Waals surface area contributed by atoms with Crippen LogP contribution < -0.4 is 0 Å². The molecule has 0 aliphatic rings. The Balaban J connectivity index is 2.60. The minimum absolute atomic E-state index is 0.334. The van der Waals surface area contributed by atoms with Crippen LogP contribution in [0.5, 0.6) is 0 Å². The summed E-state index contributed by atoms with van der Waals surface area (Å²) >= 11 is 0. The van der Waals surface area contributed by atoms with E-state index in [2.05, 4.69) is 18.7 Å². The fourth-order valence-electron chi connectivity index (χ4n) is 3.21. The standard InChI is InChI=1S/C19H25NO/c1-18(2,15-20(3)4)19(21,16-11-7-5-8-12-16)17-13-9-6-10-14-17/h5-14,21H,15H2,1-4H3. The second-order valence-corrected chi connectivity index (χ2v) is 6.56. The quantitative estimate of drug-likeness (QED) is 0.907. The Kier molecular flexibility index (Phi) is 4.50. The van der Waals surface area contributed by atoms with Crippen molar-refractivity contribution < 1.29 is 5.11 Å². The summed E-state index contributed by atoms with van der Waals surface area (Å²) in [6.07, 6.45) is 0. The van der Waals surface area contributed by atoms with Crippen molar-refractivity contribution in [2.24, 2.45) is 5.41 Å². The van der Waals surface area contributed by atoms with Crippen LogP contribution in [0.25, 0.3) is 0 Å². The van der Waals surface area contributed by atoms with Gasteiger partial charge in [0, 0.05) is 12.0 Å². The number of hydrogen-bond donors (Lipinski definition) is 1. The zero-order valence-corrected chi connectivity index (χ0v) is 13.4. The van der Waals surface area contributed by atoms with Gasteiger partial charge in [-0.05, 0) is 25.2 Å². The Labute approximate surface area is 128 Å². The zero-order chi connectivity index (χ0) is 15.5. The highest BCUT2D eigenvalue weighted by atomic mass is 16.3. The van der Waals surface area contributed by atoms with Gasteiger partial charge in [-0.1, -0.05) is 74.5 Å². The Morgan fingerprint density at radius 2 is 1.19 bits per heavy atom. The van der Waals surface area contributed by atoms with E-state index in [4.69, 9.17) is 0 Å². The Morgan fingerprint density at radius 3 is 1.52 bits per heavy atom. The van der Waals surface area contributed by atoms with Gasteiger partial charge >= 0.3 is 0 Å². The smallest absolute Gasteiger partial charge is 0.121 e. The maximum atomic E-state index is 11.7.